The van der Waals surface area contributed by atoms with Crippen molar-refractivity contribution in [2.75, 3.05) is 36.0 Å². The second kappa shape index (κ2) is 6.48. The van der Waals surface area contributed by atoms with Crippen LogP contribution in [0.5, 0.6) is 0 Å². The van der Waals surface area contributed by atoms with E-state index in [1.807, 2.05) is 24.3 Å². The number of piperazine rings is 1. The smallest absolute Gasteiger partial charge is 0.186 e. The fourth-order valence-corrected chi connectivity index (χ4v) is 4.33. The lowest BCUT2D eigenvalue weighted by atomic mass is 10.1. The highest BCUT2D eigenvalue weighted by Crippen LogP contribution is 2.30. The van der Waals surface area contributed by atoms with Gasteiger partial charge in [-0.2, -0.15) is 0 Å². The molecule has 1 aliphatic rings. The number of anilines is 2. The first-order chi connectivity index (χ1) is 12.1. The highest BCUT2D eigenvalue weighted by Gasteiger charge is 2.20. The molecule has 1 aromatic heterocycles. The third-order valence-corrected chi connectivity index (χ3v) is 5.80. The van der Waals surface area contributed by atoms with Crippen molar-refractivity contribution in [2.24, 2.45) is 0 Å². The SMILES string of the molecule is CC(=O)c1ccc(N2CCN(c3nc4ccc(C)cc4s3)CC2)cc1. The predicted molar refractivity (Wildman–Crippen MR) is 105 cm³/mol. The Morgan fingerprint density at radius 3 is 2.36 bits per heavy atom. The van der Waals surface area contributed by atoms with Gasteiger partial charge in [-0.25, -0.2) is 4.98 Å². The first-order valence-corrected chi connectivity index (χ1v) is 9.40. The van der Waals surface area contributed by atoms with E-state index in [-0.39, 0.29) is 5.78 Å². The van der Waals surface area contributed by atoms with Gasteiger partial charge in [0.25, 0.3) is 0 Å². The Morgan fingerprint density at radius 2 is 1.68 bits per heavy atom. The van der Waals surface area contributed by atoms with Crippen molar-refractivity contribution in [3.05, 3.63) is 53.6 Å². The highest BCUT2D eigenvalue weighted by molar-refractivity contribution is 7.22. The number of carbonyl (C=O) groups excluding carboxylic acids is 1. The molecule has 2 aromatic carbocycles. The van der Waals surface area contributed by atoms with E-state index in [4.69, 9.17) is 4.98 Å². The van der Waals surface area contributed by atoms with Gasteiger partial charge in [0.15, 0.2) is 10.9 Å². The van der Waals surface area contributed by atoms with Crippen LogP contribution in [0, 0.1) is 6.92 Å². The van der Waals surface area contributed by atoms with E-state index >= 15 is 0 Å². The van der Waals surface area contributed by atoms with E-state index in [0.717, 1.165) is 42.4 Å². The Balaban J connectivity index is 1.46. The first-order valence-electron chi connectivity index (χ1n) is 8.58. The number of rotatable bonds is 3. The van der Waals surface area contributed by atoms with Crippen molar-refractivity contribution in [1.29, 1.82) is 0 Å². The quantitative estimate of drug-likeness (QED) is 0.665. The normalized spacial score (nSPS) is 15.0. The summed E-state index contributed by atoms with van der Waals surface area (Å²) in [4.78, 5) is 20.9. The van der Waals surface area contributed by atoms with Crippen LogP contribution in [-0.4, -0.2) is 36.9 Å². The molecule has 4 nitrogen and oxygen atoms in total. The zero-order valence-electron chi connectivity index (χ0n) is 14.5. The van der Waals surface area contributed by atoms with Gasteiger partial charge in [-0.15, -0.1) is 0 Å². The van der Waals surface area contributed by atoms with Crippen LogP contribution in [0.3, 0.4) is 0 Å². The molecular formula is C20H21N3OS. The molecule has 1 fully saturated rings. The molecule has 0 radical (unpaired) electrons. The molecule has 25 heavy (non-hydrogen) atoms. The number of Topliss-reactive ketones (excluding diaryl/α,β-unsaturated/α-hetero) is 1. The summed E-state index contributed by atoms with van der Waals surface area (Å²) in [6.45, 7) is 7.59. The van der Waals surface area contributed by atoms with Crippen molar-refractivity contribution in [2.45, 2.75) is 13.8 Å². The van der Waals surface area contributed by atoms with Gasteiger partial charge in [-0.05, 0) is 55.8 Å². The summed E-state index contributed by atoms with van der Waals surface area (Å²) >= 11 is 1.78. The molecule has 4 rings (SSSR count). The Bertz CT molecular complexity index is 908. The van der Waals surface area contributed by atoms with Gasteiger partial charge in [0, 0.05) is 37.4 Å². The number of carbonyl (C=O) groups is 1. The summed E-state index contributed by atoms with van der Waals surface area (Å²) in [6.07, 6.45) is 0. The molecular weight excluding hydrogens is 330 g/mol. The standard InChI is InChI=1S/C20H21N3OS/c1-14-3-8-18-19(13-14)25-20(21-18)23-11-9-22(10-12-23)17-6-4-16(5-7-17)15(2)24/h3-8,13H,9-12H2,1-2H3. The van der Waals surface area contributed by atoms with Crippen LogP contribution in [0.4, 0.5) is 10.8 Å². The van der Waals surface area contributed by atoms with Gasteiger partial charge in [-0.3, -0.25) is 4.79 Å². The van der Waals surface area contributed by atoms with Crippen LogP contribution in [0.2, 0.25) is 0 Å². The lowest BCUT2D eigenvalue weighted by molar-refractivity contribution is 0.101. The topological polar surface area (TPSA) is 36.4 Å². The van der Waals surface area contributed by atoms with E-state index < -0.39 is 0 Å². The van der Waals surface area contributed by atoms with Crippen molar-refractivity contribution in [3.63, 3.8) is 0 Å². The lowest BCUT2D eigenvalue weighted by Crippen LogP contribution is -2.46. The third kappa shape index (κ3) is 3.24. The average Bonchev–Trinajstić information content (AvgIpc) is 3.05. The molecule has 0 aliphatic carbocycles. The van der Waals surface area contributed by atoms with E-state index in [1.165, 1.54) is 16.0 Å². The summed E-state index contributed by atoms with van der Waals surface area (Å²) in [5, 5.41) is 1.12. The maximum atomic E-state index is 11.4. The van der Waals surface area contributed by atoms with Crippen LogP contribution in [0.1, 0.15) is 22.8 Å². The van der Waals surface area contributed by atoms with Gasteiger partial charge >= 0.3 is 0 Å². The molecule has 5 heteroatoms. The number of aryl methyl sites for hydroxylation is 1. The van der Waals surface area contributed by atoms with Gasteiger partial charge in [0.2, 0.25) is 0 Å². The van der Waals surface area contributed by atoms with Crippen LogP contribution in [0.15, 0.2) is 42.5 Å². The molecule has 1 saturated heterocycles. The number of hydrogen-bond acceptors (Lipinski definition) is 5. The lowest BCUT2D eigenvalue weighted by Gasteiger charge is -2.36. The summed E-state index contributed by atoms with van der Waals surface area (Å²) in [5.74, 6) is 0.113. The van der Waals surface area contributed by atoms with Crippen molar-refractivity contribution in [1.82, 2.24) is 4.98 Å². The Labute approximate surface area is 151 Å². The number of nitrogens with zero attached hydrogens (tertiary/aromatic N) is 3. The molecule has 0 spiro atoms. The van der Waals surface area contributed by atoms with Gasteiger partial charge in [0.1, 0.15) is 0 Å². The zero-order valence-corrected chi connectivity index (χ0v) is 15.3. The van der Waals surface area contributed by atoms with Gasteiger partial charge in [-0.1, -0.05) is 17.4 Å². The van der Waals surface area contributed by atoms with Crippen LogP contribution < -0.4 is 9.80 Å². The summed E-state index contributed by atoms with van der Waals surface area (Å²) in [7, 11) is 0. The number of fused-ring (bicyclic) bond motifs is 1. The van der Waals surface area contributed by atoms with E-state index in [1.54, 1.807) is 18.3 Å². The van der Waals surface area contributed by atoms with Gasteiger partial charge in [0.05, 0.1) is 10.2 Å². The summed E-state index contributed by atoms with van der Waals surface area (Å²) in [6, 6.07) is 14.4. The fourth-order valence-electron chi connectivity index (χ4n) is 3.22. The van der Waals surface area contributed by atoms with Crippen molar-refractivity contribution in [3.8, 4) is 0 Å². The maximum Gasteiger partial charge on any atom is 0.186 e. The minimum absolute atomic E-state index is 0.113. The predicted octanol–water partition coefficient (Wildman–Crippen LogP) is 4.13. The molecule has 2 heterocycles. The Hall–Kier alpha value is -2.40. The first kappa shape index (κ1) is 16.1. The van der Waals surface area contributed by atoms with Crippen LogP contribution >= 0.6 is 11.3 Å². The molecule has 0 amide bonds. The molecule has 0 N–H and O–H groups in total. The van der Waals surface area contributed by atoms with Crippen LogP contribution in [-0.2, 0) is 0 Å². The second-order valence-electron chi connectivity index (χ2n) is 6.54. The van der Waals surface area contributed by atoms with Crippen LogP contribution in [0.25, 0.3) is 10.2 Å². The van der Waals surface area contributed by atoms with E-state index in [2.05, 4.69) is 34.9 Å². The Kier molecular flexibility index (Phi) is 4.17. The molecule has 128 valence electrons. The van der Waals surface area contributed by atoms with E-state index in [0.29, 0.717) is 0 Å². The number of hydrogen-bond donors (Lipinski definition) is 0. The molecule has 0 saturated carbocycles. The number of ketones is 1. The number of thiazole rings is 1. The largest absolute Gasteiger partial charge is 0.368 e. The van der Waals surface area contributed by atoms with Crippen molar-refractivity contribution >= 4 is 38.2 Å². The van der Waals surface area contributed by atoms with E-state index in [9.17, 15) is 4.79 Å². The average molecular weight is 351 g/mol. The molecule has 0 unspecified atom stereocenters. The maximum absolute atomic E-state index is 11.4. The summed E-state index contributed by atoms with van der Waals surface area (Å²) < 4.78 is 1.26. The fraction of sp³-hybridized carbons (Fsp3) is 0.300. The number of benzene rings is 2. The molecule has 3 aromatic rings. The molecule has 0 bridgehead atoms. The number of aromatic nitrogens is 1. The minimum atomic E-state index is 0.113. The third-order valence-electron chi connectivity index (χ3n) is 4.72. The highest BCUT2D eigenvalue weighted by atomic mass is 32.1. The second-order valence-corrected chi connectivity index (χ2v) is 7.55. The van der Waals surface area contributed by atoms with Gasteiger partial charge < -0.3 is 9.80 Å². The zero-order chi connectivity index (χ0) is 17.4. The molecule has 0 atom stereocenters. The molecule has 1 aliphatic heterocycles. The monoisotopic (exact) mass is 351 g/mol. The summed E-state index contributed by atoms with van der Waals surface area (Å²) in [5.41, 5.74) is 4.33. The van der Waals surface area contributed by atoms with Crippen molar-refractivity contribution < 1.29 is 4.79 Å². The Morgan fingerprint density at radius 1 is 1.00 bits per heavy atom. The minimum Gasteiger partial charge on any atom is -0.368 e.